The predicted octanol–water partition coefficient (Wildman–Crippen LogP) is 8.87. The lowest BCUT2D eigenvalue weighted by atomic mass is 9.74. The molecular formula is C28H46. The Labute approximate surface area is 175 Å². The summed E-state index contributed by atoms with van der Waals surface area (Å²) in [6, 6.07) is 0. The molecule has 0 heteroatoms. The van der Waals surface area contributed by atoms with Crippen LogP contribution in [0.5, 0.6) is 0 Å². The van der Waals surface area contributed by atoms with Crippen LogP contribution in [-0.2, 0) is 0 Å². The number of unbranched alkanes of at least 4 members (excludes halogenated alkanes) is 1. The van der Waals surface area contributed by atoms with Gasteiger partial charge in [0.15, 0.2) is 0 Å². The summed E-state index contributed by atoms with van der Waals surface area (Å²) in [7, 11) is 0. The van der Waals surface area contributed by atoms with Crippen LogP contribution in [0.15, 0.2) is 24.3 Å². The van der Waals surface area contributed by atoms with Gasteiger partial charge in [0.05, 0.1) is 0 Å². The monoisotopic (exact) mass is 382 g/mol. The first kappa shape index (κ1) is 20.7. The van der Waals surface area contributed by atoms with E-state index in [2.05, 4.69) is 20.1 Å². The van der Waals surface area contributed by atoms with Gasteiger partial charge in [-0.3, -0.25) is 0 Å². The molecule has 0 nitrogen and oxygen atoms in total. The lowest BCUT2D eigenvalue weighted by Crippen LogP contribution is -2.19. The molecule has 0 aromatic heterocycles. The maximum absolute atomic E-state index is 4.48. The largest absolute Gasteiger partial charge is 0.0999 e. The van der Waals surface area contributed by atoms with E-state index in [-0.39, 0.29) is 0 Å². The van der Waals surface area contributed by atoms with E-state index >= 15 is 0 Å². The zero-order valence-corrected chi connectivity index (χ0v) is 18.8. The van der Waals surface area contributed by atoms with Crippen molar-refractivity contribution in [3.05, 3.63) is 24.3 Å². The van der Waals surface area contributed by atoms with E-state index in [1.54, 1.807) is 24.8 Å². The van der Waals surface area contributed by atoms with Gasteiger partial charge in [0.25, 0.3) is 0 Å². The Kier molecular flexibility index (Phi) is 6.74. The summed E-state index contributed by atoms with van der Waals surface area (Å²) < 4.78 is 0. The predicted molar refractivity (Wildman–Crippen MR) is 122 cm³/mol. The van der Waals surface area contributed by atoms with Gasteiger partial charge in [-0.25, -0.2) is 0 Å². The van der Waals surface area contributed by atoms with Crippen molar-refractivity contribution < 1.29 is 0 Å². The van der Waals surface area contributed by atoms with Crippen LogP contribution < -0.4 is 0 Å². The molecule has 0 aromatic rings. The Balaban J connectivity index is 1.07. The van der Waals surface area contributed by atoms with Crippen LogP contribution in [0.25, 0.3) is 0 Å². The van der Waals surface area contributed by atoms with E-state index in [1.165, 1.54) is 95.5 Å². The first-order chi connectivity index (χ1) is 13.6. The second-order valence-corrected chi connectivity index (χ2v) is 11.5. The average Bonchev–Trinajstić information content (AvgIpc) is 3.57. The zero-order chi connectivity index (χ0) is 19.6. The third-order valence-electron chi connectivity index (χ3n) is 9.19. The molecule has 0 heterocycles. The lowest BCUT2D eigenvalue weighted by Gasteiger charge is -2.31. The highest BCUT2D eigenvalue weighted by atomic mass is 14.7. The molecule has 4 rings (SSSR count). The van der Waals surface area contributed by atoms with Gasteiger partial charge in [0.1, 0.15) is 0 Å². The van der Waals surface area contributed by atoms with E-state index < -0.39 is 0 Å². The van der Waals surface area contributed by atoms with Crippen molar-refractivity contribution in [1.29, 1.82) is 0 Å². The molecule has 0 amide bonds. The van der Waals surface area contributed by atoms with E-state index in [4.69, 9.17) is 0 Å². The zero-order valence-electron chi connectivity index (χ0n) is 18.8. The SMILES string of the molecule is C=C(CCCCC(=C)CC12CC3CC3CC1C2)CCC1CCCCC1CCC. The standard InChI is InChI=1S/C28H46/c1-4-9-23-12-7-8-13-24(23)15-14-21(2)10-5-6-11-22(3)18-28-19-26-16-25(26)17-27(28)20-28/h23-27H,2-20H2,1H3. The Bertz CT molecular complexity index is 554. The van der Waals surface area contributed by atoms with Crippen molar-refractivity contribution in [3.63, 3.8) is 0 Å². The normalized spacial score (nSPS) is 38.4. The molecule has 0 bridgehead atoms. The summed E-state index contributed by atoms with van der Waals surface area (Å²) in [6.45, 7) is 11.3. The molecule has 28 heavy (non-hydrogen) atoms. The maximum Gasteiger partial charge on any atom is -0.0226 e. The highest BCUT2D eigenvalue weighted by Crippen LogP contribution is 2.72. The molecule has 4 aliphatic carbocycles. The third kappa shape index (κ3) is 5.14. The number of hydrogen-bond acceptors (Lipinski definition) is 0. The van der Waals surface area contributed by atoms with Gasteiger partial charge in [-0.05, 0) is 106 Å². The van der Waals surface area contributed by atoms with Crippen LogP contribution in [0.2, 0.25) is 0 Å². The third-order valence-corrected chi connectivity index (χ3v) is 9.19. The molecule has 6 unspecified atom stereocenters. The Hall–Kier alpha value is -0.520. The summed E-state index contributed by atoms with van der Waals surface area (Å²) in [4.78, 5) is 0. The van der Waals surface area contributed by atoms with Crippen molar-refractivity contribution in [2.24, 2.45) is 35.0 Å². The molecule has 0 saturated heterocycles. The number of rotatable bonds is 12. The first-order valence-electron chi connectivity index (χ1n) is 12.9. The van der Waals surface area contributed by atoms with Gasteiger partial charge in [-0.2, -0.15) is 0 Å². The molecule has 4 saturated carbocycles. The van der Waals surface area contributed by atoms with Crippen LogP contribution >= 0.6 is 0 Å². The van der Waals surface area contributed by atoms with Crippen LogP contribution in [0, 0.1) is 35.0 Å². The Morgan fingerprint density at radius 1 is 0.821 bits per heavy atom. The highest BCUT2D eigenvalue weighted by Gasteiger charge is 2.62. The van der Waals surface area contributed by atoms with Gasteiger partial charge in [0.2, 0.25) is 0 Å². The maximum atomic E-state index is 4.48. The quantitative estimate of drug-likeness (QED) is 0.233. The van der Waals surface area contributed by atoms with Crippen LogP contribution in [0.4, 0.5) is 0 Å². The highest BCUT2D eigenvalue weighted by molar-refractivity contribution is 5.17. The molecule has 158 valence electrons. The van der Waals surface area contributed by atoms with E-state index in [0.717, 1.165) is 35.0 Å². The van der Waals surface area contributed by atoms with Gasteiger partial charge >= 0.3 is 0 Å². The molecule has 6 atom stereocenters. The number of allylic oxidation sites excluding steroid dienone is 2. The second-order valence-electron chi connectivity index (χ2n) is 11.5. The minimum absolute atomic E-state index is 0.743. The van der Waals surface area contributed by atoms with Crippen molar-refractivity contribution in [1.82, 2.24) is 0 Å². The Morgan fingerprint density at radius 2 is 1.54 bits per heavy atom. The molecule has 4 fully saturated rings. The van der Waals surface area contributed by atoms with E-state index in [9.17, 15) is 0 Å². The number of fused-ring (bicyclic) bond motifs is 2. The summed E-state index contributed by atoms with van der Waals surface area (Å²) in [5, 5.41) is 0. The van der Waals surface area contributed by atoms with E-state index in [1.807, 2.05) is 0 Å². The van der Waals surface area contributed by atoms with Crippen LogP contribution in [0.3, 0.4) is 0 Å². The molecule has 0 aromatic carbocycles. The van der Waals surface area contributed by atoms with Gasteiger partial charge in [-0.15, -0.1) is 0 Å². The lowest BCUT2D eigenvalue weighted by molar-refractivity contribution is 0.210. The molecule has 0 aliphatic heterocycles. The minimum atomic E-state index is 0.743. The smallest absolute Gasteiger partial charge is 0.0226 e. The molecule has 0 spiro atoms. The Morgan fingerprint density at radius 3 is 2.29 bits per heavy atom. The van der Waals surface area contributed by atoms with Crippen LogP contribution in [0.1, 0.15) is 116 Å². The van der Waals surface area contributed by atoms with Gasteiger partial charge in [0, 0.05) is 0 Å². The van der Waals surface area contributed by atoms with E-state index in [0.29, 0.717) is 0 Å². The topological polar surface area (TPSA) is 0 Å². The van der Waals surface area contributed by atoms with Crippen molar-refractivity contribution in [2.45, 2.75) is 116 Å². The summed E-state index contributed by atoms with van der Waals surface area (Å²) in [5.74, 6) is 5.37. The molecule has 0 radical (unpaired) electrons. The summed E-state index contributed by atoms with van der Waals surface area (Å²) in [5.41, 5.74) is 3.84. The van der Waals surface area contributed by atoms with Gasteiger partial charge in [-0.1, -0.05) is 69.8 Å². The fourth-order valence-corrected chi connectivity index (χ4v) is 7.31. The minimum Gasteiger partial charge on any atom is -0.0999 e. The summed E-state index contributed by atoms with van der Waals surface area (Å²) in [6.07, 6.45) is 24.3. The molecular weight excluding hydrogens is 336 g/mol. The van der Waals surface area contributed by atoms with Crippen molar-refractivity contribution in [2.75, 3.05) is 0 Å². The average molecular weight is 383 g/mol. The first-order valence-corrected chi connectivity index (χ1v) is 12.9. The van der Waals surface area contributed by atoms with Crippen LogP contribution in [-0.4, -0.2) is 0 Å². The van der Waals surface area contributed by atoms with Gasteiger partial charge < -0.3 is 0 Å². The second kappa shape index (κ2) is 9.09. The fraction of sp³-hybridized carbons (Fsp3) is 0.857. The van der Waals surface area contributed by atoms with Crippen molar-refractivity contribution in [3.8, 4) is 0 Å². The van der Waals surface area contributed by atoms with Crippen molar-refractivity contribution >= 4 is 0 Å². The molecule has 0 N–H and O–H groups in total. The summed E-state index contributed by atoms with van der Waals surface area (Å²) >= 11 is 0. The fourth-order valence-electron chi connectivity index (χ4n) is 7.31. The molecule has 4 aliphatic rings. The number of hydrogen-bond donors (Lipinski definition) is 0.